The predicted octanol–water partition coefficient (Wildman–Crippen LogP) is 2.12. The van der Waals surface area contributed by atoms with Gasteiger partial charge in [-0.15, -0.1) is 12.4 Å². The van der Waals surface area contributed by atoms with E-state index < -0.39 is 6.04 Å². The zero-order valence-corrected chi connectivity index (χ0v) is 10.6. The second-order valence-electron chi connectivity index (χ2n) is 3.36. The molecule has 0 unspecified atom stereocenters. The van der Waals surface area contributed by atoms with Crippen LogP contribution in [0.4, 0.5) is 0 Å². The Hall–Kier alpha value is -0.770. The summed E-state index contributed by atoms with van der Waals surface area (Å²) in [6.45, 7) is 2.34. The molecule has 0 aliphatic heterocycles. The summed E-state index contributed by atoms with van der Waals surface area (Å²) < 4.78 is 0. The molecule has 16 heavy (non-hydrogen) atoms. The van der Waals surface area contributed by atoms with Crippen LogP contribution in [-0.4, -0.2) is 11.9 Å². The van der Waals surface area contributed by atoms with Crippen LogP contribution >= 0.6 is 24.0 Å². The van der Waals surface area contributed by atoms with Crippen molar-refractivity contribution in [2.45, 2.75) is 25.9 Å². The van der Waals surface area contributed by atoms with Crippen LogP contribution in [0.5, 0.6) is 0 Å². The van der Waals surface area contributed by atoms with Gasteiger partial charge in [-0.05, 0) is 24.1 Å². The van der Waals surface area contributed by atoms with Gasteiger partial charge in [0, 0.05) is 11.6 Å². The second-order valence-corrected chi connectivity index (χ2v) is 3.80. The van der Waals surface area contributed by atoms with Crippen LogP contribution in [0, 0.1) is 0 Å². The first kappa shape index (κ1) is 15.2. The third-order valence-corrected chi connectivity index (χ3v) is 2.37. The van der Waals surface area contributed by atoms with Crippen LogP contribution in [0.25, 0.3) is 0 Å². The second kappa shape index (κ2) is 7.49. The summed E-state index contributed by atoms with van der Waals surface area (Å²) in [7, 11) is 0. The quantitative estimate of drug-likeness (QED) is 0.874. The van der Waals surface area contributed by atoms with Gasteiger partial charge in [0.05, 0.1) is 6.04 Å². The third kappa shape index (κ3) is 4.84. The number of hydrogen-bond donors (Lipinski definition) is 2. The molecule has 1 aromatic carbocycles. The monoisotopic (exact) mass is 262 g/mol. The van der Waals surface area contributed by atoms with E-state index in [9.17, 15) is 4.79 Å². The van der Waals surface area contributed by atoms with Gasteiger partial charge in [0.1, 0.15) is 0 Å². The van der Waals surface area contributed by atoms with Gasteiger partial charge < -0.3 is 11.1 Å². The van der Waals surface area contributed by atoms with E-state index in [0.717, 1.165) is 5.56 Å². The lowest BCUT2D eigenvalue weighted by Crippen LogP contribution is -2.39. The average Bonchev–Trinajstić information content (AvgIpc) is 2.25. The highest BCUT2D eigenvalue weighted by molar-refractivity contribution is 6.30. The number of halogens is 2. The maximum Gasteiger partial charge on any atom is 0.237 e. The van der Waals surface area contributed by atoms with E-state index in [1.165, 1.54) is 0 Å². The molecule has 1 rings (SSSR count). The molecule has 0 aliphatic rings. The summed E-state index contributed by atoms with van der Waals surface area (Å²) in [6.07, 6.45) is 0.640. The highest BCUT2D eigenvalue weighted by Gasteiger charge is 2.09. The molecule has 0 aromatic heterocycles. The molecule has 0 saturated heterocycles. The molecular weight excluding hydrogens is 247 g/mol. The fourth-order valence-corrected chi connectivity index (χ4v) is 1.37. The van der Waals surface area contributed by atoms with Crippen molar-refractivity contribution in [3.63, 3.8) is 0 Å². The topological polar surface area (TPSA) is 55.1 Å². The lowest BCUT2D eigenvalue weighted by molar-refractivity contribution is -0.122. The Bertz CT molecular complexity index is 345. The minimum Gasteiger partial charge on any atom is -0.351 e. The van der Waals surface area contributed by atoms with E-state index in [1.807, 2.05) is 25.1 Å². The van der Waals surface area contributed by atoms with Crippen molar-refractivity contribution in [1.29, 1.82) is 0 Å². The van der Waals surface area contributed by atoms with Gasteiger partial charge in [-0.3, -0.25) is 4.79 Å². The largest absolute Gasteiger partial charge is 0.351 e. The highest BCUT2D eigenvalue weighted by atomic mass is 35.5. The van der Waals surface area contributed by atoms with Gasteiger partial charge >= 0.3 is 0 Å². The molecule has 0 aliphatic carbocycles. The molecule has 1 amide bonds. The first-order valence-corrected chi connectivity index (χ1v) is 5.29. The Morgan fingerprint density at radius 2 is 2.25 bits per heavy atom. The summed E-state index contributed by atoms with van der Waals surface area (Å²) in [6, 6.07) is 6.95. The van der Waals surface area contributed by atoms with Crippen molar-refractivity contribution < 1.29 is 4.79 Å². The van der Waals surface area contributed by atoms with E-state index >= 15 is 0 Å². The molecule has 1 atom stereocenters. The summed E-state index contributed by atoms with van der Waals surface area (Å²) >= 11 is 5.81. The molecule has 1 aromatic rings. The number of carbonyl (C=O) groups is 1. The normalized spacial score (nSPS) is 11.4. The van der Waals surface area contributed by atoms with Crippen LogP contribution in [0.1, 0.15) is 18.9 Å². The van der Waals surface area contributed by atoms with Gasteiger partial charge in [0.2, 0.25) is 5.91 Å². The summed E-state index contributed by atoms with van der Waals surface area (Å²) in [5, 5.41) is 3.42. The van der Waals surface area contributed by atoms with Gasteiger partial charge in [-0.25, -0.2) is 0 Å². The molecule has 0 saturated carbocycles. The molecule has 0 radical (unpaired) electrons. The zero-order chi connectivity index (χ0) is 11.3. The van der Waals surface area contributed by atoms with Crippen molar-refractivity contribution in [3.8, 4) is 0 Å². The average molecular weight is 263 g/mol. The van der Waals surface area contributed by atoms with Crippen LogP contribution in [-0.2, 0) is 11.3 Å². The minimum atomic E-state index is -0.427. The van der Waals surface area contributed by atoms with E-state index in [1.54, 1.807) is 6.07 Å². The standard InChI is InChI=1S/C11H15ClN2O.ClH/c1-2-10(13)11(15)14-7-8-4-3-5-9(12)6-8;/h3-6,10H,2,7,13H2,1H3,(H,14,15);1H/t10-;/m0./s1. The summed E-state index contributed by atoms with van der Waals surface area (Å²) in [4.78, 5) is 11.4. The maximum absolute atomic E-state index is 11.4. The lowest BCUT2D eigenvalue weighted by atomic mass is 10.2. The molecule has 5 heteroatoms. The number of rotatable bonds is 4. The van der Waals surface area contributed by atoms with Crippen molar-refractivity contribution in [2.75, 3.05) is 0 Å². The van der Waals surface area contributed by atoms with Gasteiger partial charge in [-0.1, -0.05) is 30.7 Å². The van der Waals surface area contributed by atoms with Crippen molar-refractivity contribution in [2.24, 2.45) is 5.73 Å². The third-order valence-electron chi connectivity index (χ3n) is 2.13. The fourth-order valence-electron chi connectivity index (χ4n) is 1.15. The van der Waals surface area contributed by atoms with Gasteiger partial charge in [0.15, 0.2) is 0 Å². The molecular formula is C11H16Cl2N2O. The molecule has 0 spiro atoms. The zero-order valence-electron chi connectivity index (χ0n) is 9.07. The number of amides is 1. The molecule has 3 N–H and O–H groups in total. The number of nitrogens with one attached hydrogen (secondary N) is 1. The smallest absolute Gasteiger partial charge is 0.237 e. The van der Waals surface area contributed by atoms with Crippen molar-refractivity contribution in [1.82, 2.24) is 5.32 Å². The summed E-state index contributed by atoms with van der Waals surface area (Å²) in [5.74, 6) is -0.127. The molecule has 0 bridgehead atoms. The molecule has 0 fully saturated rings. The van der Waals surface area contributed by atoms with Crippen LogP contribution in [0.2, 0.25) is 5.02 Å². The minimum absolute atomic E-state index is 0. The first-order chi connectivity index (χ1) is 7.13. The lowest BCUT2D eigenvalue weighted by Gasteiger charge is -2.09. The van der Waals surface area contributed by atoms with E-state index in [4.69, 9.17) is 17.3 Å². The number of hydrogen-bond acceptors (Lipinski definition) is 2. The van der Waals surface area contributed by atoms with Crippen LogP contribution < -0.4 is 11.1 Å². The molecule has 90 valence electrons. The first-order valence-electron chi connectivity index (χ1n) is 4.91. The summed E-state index contributed by atoms with van der Waals surface area (Å²) in [5.41, 5.74) is 6.54. The Morgan fingerprint density at radius 3 is 2.81 bits per heavy atom. The number of nitrogens with two attached hydrogens (primary N) is 1. The Morgan fingerprint density at radius 1 is 1.56 bits per heavy atom. The van der Waals surface area contributed by atoms with Gasteiger partial charge in [0.25, 0.3) is 0 Å². The van der Waals surface area contributed by atoms with Gasteiger partial charge in [-0.2, -0.15) is 0 Å². The maximum atomic E-state index is 11.4. The van der Waals surface area contributed by atoms with Crippen LogP contribution in [0.15, 0.2) is 24.3 Å². The predicted molar refractivity (Wildman–Crippen MR) is 68.8 cm³/mol. The Balaban J connectivity index is 0.00000225. The Kier molecular flexibility index (Phi) is 7.13. The molecule has 0 heterocycles. The van der Waals surface area contributed by atoms with E-state index in [0.29, 0.717) is 18.0 Å². The van der Waals surface area contributed by atoms with Crippen molar-refractivity contribution >= 4 is 29.9 Å². The molecule has 3 nitrogen and oxygen atoms in total. The number of benzene rings is 1. The Labute approximate surface area is 107 Å². The van der Waals surface area contributed by atoms with Crippen molar-refractivity contribution in [3.05, 3.63) is 34.9 Å². The SMILES string of the molecule is CC[C@H](N)C(=O)NCc1cccc(Cl)c1.Cl. The number of carbonyl (C=O) groups excluding carboxylic acids is 1. The highest BCUT2D eigenvalue weighted by Crippen LogP contribution is 2.10. The van der Waals surface area contributed by atoms with Crippen LogP contribution in [0.3, 0.4) is 0 Å². The van der Waals surface area contributed by atoms with E-state index in [-0.39, 0.29) is 18.3 Å². The fraction of sp³-hybridized carbons (Fsp3) is 0.364. The van der Waals surface area contributed by atoms with E-state index in [2.05, 4.69) is 5.32 Å².